The van der Waals surface area contributed by atoms with Crippen molar-refractivity contribution >= 4 is 51.6 Å². The molecule has 0 aliphatic carbocycles. The molecule has 1 aliphatic heterocycles. The first kappa shape index (κ1) is 22.0. The zero-order chi connectivity index (χ0) is 21.1. The molecule has 12 heteroatoms. The summed E-state index contributed by atoms with van der Waals surface area (Å²) in [4.78, 5) is 25.5. The number of aliphatic carboxylic acids is 1. The first-order valence-corrected chi connectivity index (χ1v) is 10.7. The standard InChI is InChI=1S/C17H24N6O4SSe/c1-2-4-22(9(3-5-28)17(25)26)6-10-12(24)13(29)16(27-10)23-8-21-11-14(18)19-7-20-15(11)23/h2,7-10,12-13,16,24,28-29H,1,3-6H2,(H,25,26)(H2,18,19,20)/t9?,10-,12-,13-,16-/m1/s1. The first-order chi connectivity index (χ1) is 13.9. The van der Waals surface area contributed by atoms with E-state index in [9.17, 15) is 15.0 Å². The number of aliphatic hydroxyl groups excluding tert-OH is 1. The van der Waals surface area contributed by atoms with E-state index in [1.54, 1.807) is 21.9 Å². The van der Waals surface area contributed by atoms with Crippen LogP contribution in [0.15, 0.2) is 25.3 Å². The summed E-state index contributed by atoms with van der Waals surface area (Å²) in [5.74, 6) is -0.253. The molecule has 3 heterocycles. The van der Waals surface area contributed by atoms with Crippen molar-refractivity contribution in [1.82, 2.24) is 24.4 Å². The second-order valence-corrected chi connectivity index (χ2v) is 8.44. The van der Waals surface area contributed by atoms with E-state index in [2.05, 4.69) is 50.2 Å². The van der Waals surface area contributed by atoms with Gasteiger partial charge in [0.25, 0.3) is 0 Å². The predicted molar refractivity (Wildman–Crippen MR) is 112 cm³/mol. The molecule has 5 atom stereocenters. The molecule has 4 N–H and O–H groups in total. The number of imidazole rings is 1. The average molecular weight is 487 g/mol. The second-order valence-electron chi connectivity index (χ2n) is 6.74. The number of nitrogen functional groups attached to an aromatic ring is 1. The number of anilines is 1. The molecule has 0 saturated carbocycles. The number of hydrogen-bond acceptors (Lipinski definition) is 9. The molecule has 0 radical (unpaired) electrons. The number of ether oxygens (including phenoxy) is 1. The summed E-state index contributed by atoms with van der Waals surface area (Å²) in [5, 5.41) is 20.4. The van der Waals surface area contributed by atoms with E-state index in [0.717, 1.165) is 0 Å². The van der Waals surface area contributed by atoms with Gasteiger partial charge in [-0.15, -0.1) is 0 Å². The summed E-state index contributed by atoms with van der Waals surface area (Å²) >= 11 is 6.57. The quantitative estimate of drug-likeness (QED) is 0.212. The Morgan fingerprint density at radius 1 is 1.52 bits per heavy atom. The molecule has 0 bridgehead atoms. The van der Waals surface area contributed by atoms with Crippen molar-refractivity contribution in [3.05, 3.63) is 25.3 Å². The molecule has 158 valence electrons. The molecular formula is C17H24N6O4SSe. The van der Waals surface area contributed by atoms with Gasteiger partial charge in [0.2, 0.25) is 0 Å². The van der Waals surface area contributed by atoms with Crippen LogP contribution in [0.4, 0.5) is 5.82 Å². The number of rotatable bonds is 9. The fourth-order valence-corrected chi connectivity index (χ4v) is 4.57. The van der Waals surface area contributed by atoms with Gasteiger partial charge < -0.3 is 0 Å². The summed E-state index contributed by atoms with van der Waals surface area (Å²) in [6.45, 7) is 4.29. The topological polar surface area (TPSA) is 140 Å². The van der Waals surface area contributed by atoms with E-state index in [-0.39, 0.29) is 17.2 Å². The number of aliphatic hydroxyl groups is 1. The fourth-order valence-electron chi connectivity index (χ4n) is 3.48. The summed E-state index contributed by atoms with van der Waals surface area (Å²) in [7, 11) is 0. The van der Waals surface area contributed by atoms with E-state index in [1.807, 2.05) is 0 Å². The summed E-state index contributed by atoms with van der Waals surface area (Å²) in [6.07, 6.45) is 2.92. The van der Waals surface area contributed by atoms with Crippen molar-refractivity contribution in [3.63, 3.8) is 0 Å². The second kappa shape index (κ2) is 9.41. The van der Waals surface area contributed by atoms with Crippen molar-refractivity contribution in [2.75, 3.05) is 24.6 Å². The normalized spacial score (nSPS) is 25.5. The van der Waals surface area contributed by atoms with Crippen LogP contribution in [-0.2, 0) is 9.53 Å². The van der Waals surface area contributed by atoms with Gasteiger partial charge in [-0.25, -0.2) is 0 Å². The molecule has 2 aromatic heterocycles. The number of aromatic nitrogens is 4. The van der Waals surface area contributed by atoms with Gasteiger partial charge in [0.15, 0.2) is 0 Å². The number of nitrogens with two attached hydrogens (primary N) is 1. The monoisotopic (exact) mass is 488 g/mol. The first-order valence-electron chi connectivity index (χ1n) is 9.02. The Kier molecular flexibility index (Phi) is 7.14. The van der Waals surface area contributed by atoms with E-state index in [1.165, 1.54) is 6.33 Å². The number of fused-ring (bicyclic) bond motifs is 1. The summed E-state index contributed by atoms with van der Waals surface area (Å²) in [5.41, 5.74) is 6.82. The molecule has 0 spiro atoms. The van der Waals surface area contributed by atoms with Crippen LogP contribution in [0.5, 0.6) is 0 Å². The molecule has 29 heavy (non-hydrogen) atoms. The Balaban J connectivity index is 1.83. The minimum atomic E-state index is -0.943. The van der Waals surface area contributed by atoms with Crippen LogP contribution in [-0.4, -0.2) is 93.7 Å². The number of carboxylic acids is 1. The van der Waals surface area contributed by atoms with Crippen LogP contribution in [0.2, 0.25) is 4.82 Å². The van der Waals surface area contributed by atoms with Gasteiger partial charge in [-0.3, -0.25) is 0 Å². The van der Waals surface area contributed by atoms with Crippen LogP contribution < -0.4 is 5.73 Å². The molecule has 10 nitrogen and oxygen atoms in total. The van der Waals surface area contributed by atoms with Gasteiger partial charge in [0.05, 0.1) is 0 Å². The number of carbonyl (C=O) groups is 1. The van der Waals surface area contributed by atoms with Crippen molar-refractivity contribution in [2.24, 2.45) is 0 Å². The number of hydrogen-bond donors (Lipinski definition) is 4. The van der Waals surface area contributed by atoms with E-state index in [4.69, 9.17) is 10.5 Å². The third kappa shape index (κ3) is 4.42. The number of thiol groups is 1. The van der Waals surface area contributed by atoms with Gasteiger partial charge in [0, 0.05) is 0 Å². The number of carboxylic acid groups (broad SMARTS) is 1. The zero-order valence-electron chi connectivity index (χ0n) is 15.6. The van der Waals surface area contributed by atoms with Gasteiger partial charge in [-0.2, -0.15) is 0 Å². The van der Waals surface area contributed by atoms with Gasteiger partial charge in [-0.1, -0.05) is 0 Å². The zero-order valence-corrected chi connectivity index (χ0v) is 18.3. The SMILES string of the molecule is C=CCN(C[C@H]1O[C@@H](n2cnc3c(N)ncnc32)[C@H]([SeH])[C@@H]1O)C(CCS)C(=O)O. The van der Waals surface area contributed by atoms with Crippen LogP contribution in [0.25, 0.3) is 11.2 Å². The minimum absolute atomic E-state index is 0.229. The molecule has 0 aromatic carbocycles. The molecule has 0 amide bonds. The third-order valence-electron chi connectivity index (χ3n) is 4.90. The van der Waals surface area contributed by atoms with E-state index >= 15 is 0 Å². The van der Waals surface area contributed by atoms with Gasteiger partial charge in [-0.05, 0) is 0 Å². The van der Waals surface area contributed by atoms with Crippen LogP contribution in [0.1, 0.15) is 12.6 Å². The van der Waals surface area contributed by atoms with Crippen molar-refractivity contribution in [3.8, 4) is 0 Å². The molecule has 1 aliphatic rings. The molecular weight excluding hydrogens is 463 g/mol. The van der Waals surface area contributed by atoms with Gasteiger partial charge in [0.1, 0.15) is 0 Å². The van der Waals surface area contributed by atoms with Gasteiger partial charge >= 0.3 is 181 Å². The van der Waals surface area contributed by atoms with Crippen LogP contribution >= 0.6 is 12.6 Å². The van der Waals surface area contributed by atoms with Crippen molar-refractivity contribution in [1.29, 1.82) is 0 Å². The van der Waals surface area contributed by atoms with E-state index in [0.29, 0.717) is 29.9 Å². The van der Waals surface area contributed by atoms with Crippen LogP contribution in [0.3, 0.4) is 0 Å². The Labute approximate surface area is 181 Å². The maximum atomic E-state index is 11.7. The van der Waals surface area contributed by atoms with Crippen molar-refractivity contribution in [2.45, 2.75) is 35.7 Å². The Hall–Kier alpha value is -1.69. The Morgan fingerprint density at radius 2 is 2.28 bits per heavy atom. The molecule has 2 aromatic rings. The maximum absolute atomic E-state index is 11.7. The average Bonchev–Trinajstić information content (AvgIpc) is 3.23. The predicted octanol–water partition coefficient (Wildman–Crippen LogP) is -0.383. The molecule has 3 rings (SSSR count). The van der Waals surface area contributed by atoms with Crippen molar-refractivity contribution < 1.29 is 19.7 Å². The van der Waals surface area contributed by atoms with E-state index < -0.39 is 30.4 Å². The van der Waals surface area contributed by atoms with Crippen LogP contribution in [0, 0.1) is 0 Å². The summed E-state index contributed by atoms with van der Waals surface area (Å²) < 4.78 is 7.84. The molecule has 1 unspecified atom stereocenters. The Morgan fingerprint density at radius 3 is 2.93 bits per heavy atom. The summed E-state index contributed by atoms with van der Waals surface area (Å²) in [6, 6.07) is -0.744. The third-order valence-corrected chi connectivity index (χ3v) is 6.34. The Bertz CT molecular complexity index is 883. The molecule has 1 fully saturated rings. The molecule has 1 saturated heterocycles. The fraction of sp³-hybridized carbons (Fsp3) is 0.529. The number of nitrogens with zero attached hydrogens (tertiary/aromatic N) is 5.